The maximum absolute atomic E-state index is 12.5. The van der Waals surface area contributed by atoms with Crippen LogP contribution in [0.25, 0.3) is 0 Å². The zero-order chi connectivity index (χ0) is 16.9. The lowest BCUT2D eigenvalue weighted by Crippen LogP contribution is -2.26. The van der Waals surface area contributed by atoms with Crippen molar-refractivity contribution in [3.63, 3.8) is 0 Å². The molecule has 2 rings (SSSR count). The van der Waals surface area contributed by atoms with Gasteiger partial charge in [-0.1, -0.05) is 18.2 Å². The number of nitrogens with zero attached hydrogens (tertiary/aromatic N) is 1. The van der Waals surface area contributed by atoms with Gasteiger partial charge in [0, 0.05) is 6.54 Å². The number of pyridine rings is 1. The molecular weight excluding hydrogens is 309 g/mol. The summed E-state index contributed by atoms with van der Waals surface area (Å²) < 4.78 is 43.1. The van der Waals surface area contributed by atoms with Crippen molar-refractivity contribution in [2.45, 2.75) is 19.2 Å². The highest BCUT2D eigenvalue weighted by molar-refractivity contribution is 5.36. The SMILES string of the molecule is Cc1cccc(OCC(O)CNc2cccc(C(F)(F)F)n2)c1. The van der Waals surface area contributed by atoms with Crippen LogP contribution in [0.2, 0.25) is 0 Å². The van der Waals surface area contributed by atoms with Gasteiger partial charge in [-0.2, -0.15) is 13.2 Å². The molecule has 1 heterocycles. The van der Waals surface area contributed by atoms with E-state index in [1.165, 1.54) is 12.1 Å². The number of benzene rings is 1. The second kappa shape index (κ2) is 7.32. The Hall–Kier alpha value is -2.28. The predicted molar refractivity (Wildman–Crippen MR) is 80.4 cm³/mol. The topological polar surface area (TPSA) is 54.4 Å². The van der Waals surface area contributed by atoms with E-state index in [1.54, 1.807) is 6.07 Å². The average Bonchev–Trinajstić information content (AvgIpc) is 2.50. The van der Waals surface area contributed by atoms with Crippen LogP contribution in [-0.4, -0.2) is 29.3 Å². The molecule has 0 fully saturated rings. The third-order valence-electron chi connectivity index (χ3n) is 2.99. The quantitative estimate of drug-likeness (QED) is 0.855. The molecule has 0 spiro atoms. The molecule has 1 aromatic carbocycles. The van der Waals surface area contributed by atoms with Crippen LogP contribution in [0.4, 0.5) is 19.0 Å². The van der Waals surface area contributed by atoms with Crippen molar-refractivity contribution in [1.29, 1.82) is 0 Å². The lowest BCUT2D eigenvalue weighted by atomic mass is 10.2. The first-order valence-corrected chi connectivity index (χ1v) is 7.00. The minimum absolute atomic E-state index is 0.0232. The lowest BCUT2D eigenvalue weighted by Gasteiger charge is -2.14. The first-order valence-electron chi connectivity index (χ1n) is 7.00. The lowest BCUT2D eigenvalue weighted by molar-refractivity contribution is -0.141. The first-order chi connectivity index (χ1) is 10.8. The van der Waals surface area contributed by atoms with Gasteiger partial charge in [0.15, 0.2) is 0 Å². The number of nitrogens with one attached hydrogen (secondary N) is 1. The maximum Gasteiger partial charge on any atom is 0.433 e. The van der Waals surface area contributed by atoms with Crippen LogP contribution in [0.15, 0.2) is 42.5 Å². The van der Waals surface area contributed by atoms with E-state index in [2.05, 4.69) is 10.3 Å². The van der Waals surface area contributed by atoms with Crippen molar-refractivity contribution < 1.29 is 23.0 Å². The van der Waals surface area contributed by atoms with Gasteiger partial charge in [0.1, 0.15) is 30.0 Å². The molecule has 4 nitrogen and oxygen atoms in total. The molecule has 1 unspecified atom stereocenters. The number of alkyl halides is 3. The highest BCUT2D eigenvalue weighted by Crippen LogP contribution is 2.28. The monoisotopic (exact) mass is 326 g/mol. The summed E-state index contributed by atoms with van der Waals surface area (Å²) in [6.07, 6.45) is -5.38. The molecular formula is C16H17F3N2O2. The summed E-state index contributed by atoms with van der Waals surface area (Å²) in [4.78, 5) is 3.46. The Kier molecular flexibility index (Phi) is 5.44. The molecule has 0 saturated carbocycles. The summed E-state index contributed by atoms with van der Waals surface area (Å²) in [5, 5.41) is 12.5. The first kappa shape index (κ1) is 17.1. The molecule has 124 valence electrons. The predicted octanol–water partition coefficient (Wildman–Crippen LogP) is 3.26. The van der Waals surface area contributed by atoms with Crippen LogP contribution in [0.5, 0.6) is 5.75 Å². The molecule has 0 bridgehead atoms. The van der Waals surface area contributed by atoms with Crippen molar-refractivity contribution in [3.8, 4) is 5.75 Å². The van der Waals surface area contributed by atoms with Gasteiger partial charge in [-0.25, -0.2) is 4.98 Å². The van der Waals surface area contributed by atoms with Gasteiger partial charge >= 0.3 is 6.18 Å². The van der Waals surface area contributed by atoms with Crippen molar-refractivity contribution in [2.24, 2.45) is 0 Å². The zero-order valence-corrected chi connectivity index (χ0v) is 12.5. The van der Waals surface area contributed by atoms with Crippen molar-refractivity contribution in [3.05, 3.63) is 53.7 Å². The standard InChI is InChI=1S/C16H17F3N2O2/c1-11-4-2-5-13(8-11)23-10-12(22)9-20-15-7-3-6-14(21-15)16(17,18)19/h2-8,12,22H,9-10H2,1H3,(H,20,21). The summed E-state index contributed by atoms with van der Waals surface area (Å²) in [5.41, 5.74) is 0.0521. The average molecular weight is 326 g/mol. The van der Waals surface area contributed by atoms with Crippen LogP contribution < -0.4 is 10.1 Å². The smallest absolute Gasteiger partial charge is 0.433 e. The molecule has 1 aromatic heterocycles. The Morgan fingerprint density at radius 2 is 1.96 bits per heavy atom. The molecule has 23 heavy (non-hydrogen) atoms. The molecule has 2 N–H and O–H groups in total. The molecule has 0 aliphatic carbocycles. The van der Waals surface area contributed by atoms with Crippen molar-refractivity contribution in [2.75, 3.05) is 18.5 Å². The van der Waals surface area contributed by atoms with Crippen LogP contribution in [0.1, 0.15) is 11.3 Å². The van der Waals surface area contributed by atoms with Gasteiger partial charge < -0.3 is 15.2 Å². The largest absolute Gasteiger partial charge is 0.491 e. The number of aliphatic hydroxyl groups excluding tert-OH is 1. The van der Waals surface area contributed by atoms with E-state index >= 15 is 0 Å². The second-order valence-corrected chi connectivity index (χ2v) is 5.07. The number of ether oxygens (including phenoxy) is 1. The van der Waals surface area contributed by atoms with Gasteiger partial charge in [0.2, 0.25) is 0 Å². The molecule has 2 aromatic rings. The number of anilines is 1. The third kappa shape index (κ3) is 5.45. The second-order valence-electron chi connectivity index (χ2n) is 5.07. The molecule has 0 radical (unpaired) electrons. The Morgan fingerprint density at radius 3 is 2.65 bits per heavy atom. The number of aliphatic hydroxyl groups is 1. The van der Waals surface area contributed by atoms with E-state index in [0.717, 1.165) is 11.6 Å². The van der Waals surface area contributed by atoms with Gasteiger partial charge in [0.05, 0.1) is 0 Å². The molecule has 0 saturated heterocycles. The van der Waals surface area contributed by atoms with Crippen LogP contribution in [0, 0.1) is 6.92 Å². The molecule has 0 amide bonds. The van der Waals surface area contributed by atoms with Gasteiger partial charge in [-0.3, -0.25) is 0 Å². The molecule has 0 aliphatic rings. The van der Waals surface area contributed by atoms with E-state index in [0.29, 0.717) is 5.75 Å². The number of aromatic nitrogens is 1. The van der Waals surface area contributed by atoms with Gasteiger partial charge in [-0.05, 0) is 36.8 Å². The summed E-state index contributed by atoms with van der Waals surface area (Å²) in [6.45, 7) is 1.97. The number of hydrogen-bond donors (Lipinski definition) is 2. The van der Waals surface area contributed by atoms with Crippen LogP contribution in [-0.2, 0) is 6.18 Å². The third-order valence-corrected chi connectivity index (χ3v) is 2.99. The Labute approximate surface area is 131 Å². The number of aryl methyl sites for hydroxylation is 1. The fourth-order valence-corrected chi connectivity index (χ4v) is 1.87. The van der Waals surface area contributed by atoms with E-state index < -0.39 is 18.0 Å². The number of halogens is 3. The minimum atomic E-state index is -4.50. The normalized spacial score (nSPS) is 12.7. The molecule has 7 heteroatoms. The Morgan fingerprint density at radius 1 is 1.22 bits per heavy atom. The minimum Gasteiger partial charge on any atom is -0.491 e. The van der Waals surface area contributed by atoms with E-state index in [9.17, 15) is 18.3 Å². The highest BCUT2D eigenvalue weighted by Gasteiger charge is 2.32. The maximum atomic E-state index is 12.5. The molecule has 0 aliphatic heterocycles. The number of hydrogen-bond acceptors (Lipinski definition) is 4. The van der Waals surface area contributed by atoms with E-state index in [4.69, 9.17) is 4.74 Å². The van der Waals surface area contributed by atoms with Crippen molar-refractivity contribution >= 4 is 5.82 Å². The fourth-order valence-electron chi connectivity index (χ4n) is 1.87. The van der Waals surface area contributed by atoms with E-state index in [-0.39, 0.29) is 19.0 Å². The van der Waals surface area contributed by atoms with Crippen LogP contribution >= 0.6 is 0 Å². The highest BCUT2D eigenvalue weighted by atomic mass is 19.4. The van der Waals surface area contributed by atoms with Crippen LogP contribution in [0.3, 0.4) is 0 Å². The van der Waals surface area contributed by atoms with Crippen molar-refractivity contribution in [1.82, 2.24) is 4.98 Å². The number of rotatable bonds is 6. The van der Waals surface area contributed by atoms with Gasteiger partial charge in [-0.15, -0.1) is 0 Å². The zero-order valence-electron chi connectivity index (χ0n) is 12.5. The summed E-state index contributed by atoms with van der Waals surface area (Å²) in [7, 11) is 0. The Balaban J connectivity index is 1.83. The van der Waals surface area contributed by atoms with E-state index in [1.807, 2.05) is 25.1 Å². The van der Waals surface area contributed by atoms with Gasteiger partial charge in [0.25, 0.3) is 0 Å². The summed E-state index contributed by atoms with van der Waals surface area (Å²) in [6, 6.07) is 10.9. The fraction of sp³-hybridized carbons (Fsp3) is 0.312. The summed E-state index contributed by atoms with van der Waals surface area (Å²) in [5.74, 6) is 0.677. The molecule has 1 atom stereocenters. The Bertz CT molecular complexity index is 647. The summed E-state index contributed by atoms with van der Waals surface area (Å²) >= 11 is 0.